The Labute approximate surface area is 323 Å². The molecule has 1 nitrogen and oxygen atoms in total. The first-order valence-electron chi connectivity index (χ1n) is 21.5. The van der Waals surface area contributed by atoms with E-state index in [0.717, 1.165) is 44.2 Å². The molecule has 53 heavy (non-hydrogen) atoms. The van der Waals surface area contributed by atoms with E-state index < -0.39 is 12.1 Å². The van der Waals surface area contributed by atoms with Crippen LogP contribution in [0.4, 0.5) is 17.1 Å². The lowest BCUT2D eigenvalue weighted by molar-refractivity contribution is 1.28. The second-order valence-electron chi connectivity index (χ2n) is 12.7. The first kappa shape index (κ1) is 24.3. The standard InChI is InChI=1S/C52H37N/c1-4-12-38(13-5-1)40-20-22-41(23-21-40)43-26-33-48(34-27-43)53(47-31-24-42(25-32-47)39-14-6-2-7-15-39)49-35-28-46(29-36-49)52-50-19-11-10-18-45(50)30-37-51(52)44-16-8-3-9-17-44/h1-37H/i24D,25D,28D,29D,31D,32D,35D,36D. The van der Waals surface area contributed by atoms with Crippen LogP contribution in [-0.4, -0.2) is 0 Å². The summed E-state index contributed by atoms with van der Waals surface area (Å²) < 4.78 is 75.8. The van der Waals surface area contributed by atoms with E-state index in [1.807, 2.05) is 115 Å². The molecule has 1 heteroatoms. The van der Waals surface area contributed by atoms with Crippen molar-refractivity contribution in [3.05, 3.63) is 224 Å². The van der Waals surface area contributed by atoms with Crippen molar-refractivity contribution in [1.82, 2.24) is 0 Å². The van der Waals surface area contributed by atoms with Crippen LogP contribution in [0.3, 0.4) is 0 Å². The van der Waals surface area contributed by atoms with Gasteiger partial charge >= 0.3 is 0 Å². The van der Waals surface area contributed by atoms with Gasteiger partial charge in [0.15, 0.2) is 0 Å². The van der Waals surface area contributed by atoms with Gasteiger partial charge in [0, 0.05) is 17.1 Å². The molecule has 0 bridgehead atoms. The maximum atomic E-state index is 9.68. The highest BCUT2D eigenvalue weighted by Crippen LogP contribution is 2.41. The first-order chi connectivity index (χ1) is 29.6. The summed E-state index contributed by atoms with van der Waals surface area (Å²) in [5.74, 6) is 0. The number of hydrogen-bond acceptors (Lipinski definition) is 1. The second-order valence-corrected chi connectivity index (χ2v) is 12.7. The molecular weight excluding hydrogens is 639 g/mol. The van der Waals surface area contributed by atoms with Gasteiger partial charge in [0.2, 0.25) is 0 Å². The third kappa shape index (κ3) is 6.53. The van der Waals surface area contributed by atoms with E-state index >= 15 is 0 Å². The molecule has 0 heterocycles. The summed E-state index contributed by atoms with van der Waals surface area (Å²) in [6, 6.07) is 52.7. The highest BCUT2D eigenvalue weighted by Gasteiger charge is 2.16. The van der Waals surface area contributed by atoms with Gasteiger partial charge in [-0.1, -0.05) is 188 Å². The van der Waals surface area contributed by atoms with Crippen LogP contribution >= 0.6 is 0 Å². The topological polar surface area (TPSA) is 3.24 Å². The minimum atomic E-state index is -0.396. The van der Waals surface area contributed by atoms with Gasteiger partial charge in [-0.05, 0) is 103 Å². The fourth-order valence-electron chi connectivity index (χ4n) is 6.77. The van der Waals surface area contributed by atoms with Gasteiger partial charge in [-0.2, -0.15) is 0 Å². The van der Waals surface area contributed by atoms with E-state index in [2.05, 4.69) is 24.3 Å². The molecule has 0 atom stereocenters. The zero-order chi connectivity index (χ0) is 42.4. The normalized spacial score (nSPS) is 13.1. The third-order valence-corrected chi connectivity index (χ3v) is 9.45. The minimum Gasteiger partial charge on any atom is -0.311 e. The van der Waals surface area contributed by atoms with Crippen molar-refractivity contribution in [2.75, 3.05) is 4.90 Å². The largest absolute Gasteiger partial charge is 0.311 e. The molecule has 0 aliphatic rings. The average molecular weight is 684 g/mol. The molecule has 0 aliphatic heterocycles. The Hall–Kier alpha value is -6.96. The first-order valence-corrected chi connectivity index (χ1v) is 17.5. The molecule has 0 unspecified atom stereocenters. The number of nitrogens with zero attached hydrogens (tertiary/aromatic N) is 1. The van der Waals surface area contributed by atoms with Crippen LogP contribution in [0.15, 0.2) is 224 Å². The molecule has 0 saturated carbocycles. The molecule has 9 rings (SSSR count). The van der Waals surface area contributed by atoms with Gasteiger partial charge in [-0.3, -0.25) is 0 Å². The second kappa shape index (κ2) is 14.3. The maximum absolute atomic E-state index is 9.68. The van der Waals surface area contributed by atoms with Crippen LogP contribution in [-0.2, 0) is 0 Å². The SMILES string of the molecule is [2H]c1c([2H])c(N(c2ccc(-c3ccc(-c4ccccc4)cc3)cc2)c2c([2H])c([2H])c(-c3c(-c4ccccc4)ccc4ccccc34)c([2H])c2[2H])c([2H])c([2H])c1-c1ccccc1. The molecular formula is C52H37N. The van der Waals surface area contributed by atoms with Crippen LogP contribution in [0.25, 0.3) is 66.4 Å². The van der Waals surface area contributed by atoms with Gasteiger partial charge in [0.1, 0.15) is 0 Å². The number of hydrogen-bond donors (Lipinski definition) is 0. The summed E-state index contributed by atoms with van der Waals surface area (Å²) in [7, 11) is 0. The quantitative estimate of drug-likeness (QED) is 0.154. The number of anilines is 3. The van der Waals surface area contributed by atoms with E-state index in [1.54, 1.807) is 36.4 Å². The Morgan fingerprint density at radius 1 is 0.283 bits per heavy atom. The smallest absolute Gasteiger partial charge is 0.0645 e. The molecule has 0 aromatic heterocycles. The van der Waals surface area contributed by atoms with Crippen molar-refractivity contribution in [2.45, 2.75) is 0 Å². The van der Waals surface area contributed by atoms with Gasteiger partial charge in [0.25, 0.3) is 0 Å². The van der Waals surface area contributed by atoms with Crippen LogP contribution in [0.2, 0.25) is 0 Å². The maximum Gasteiger partial charge on any atom is 0.0645 e. The fourth-order valence-corrected chi connectivity index (χ4v) is 6.77. The summed E-state index contributed by atoms with van der Waals surface area (Å²) >= 11 is 0. The predicted molar refractivity (Wildman–Crippen MR) is 226 cm³/mol. The minimum absolute atomic E-state index is 0.114. The number of rotatable bonds is 8. The Morgan fingerprint density at radius 2 is 0.698 bits per heavy atom. The third-order valence-electron chi connectivity index (χ3n) is 9.45. The van der Waals surface area contributed by atoms with Crippen molar-refractivity contribution >= 4 is 27.8 Å². The fraction of sp³-hybridized carbons (Fsp3) is 0. The Morgan fingerprint density at radius 3 is 1.25 bits per heavy atom. The number of benzene rings is 9. The van der Waals surface area contributed by atoms with E-state index in [0.29, 0.717) is 16.8 Å². The zero-order valence-electron chi connectivity index (χ0n) is 36.7. The van der Waals surface area contributed by atoms with Crippen molar-refractivity contribution in [3.63, 3.8) is 0 Å². The molecule has 0 aliphatic carbocycles. The van der Waals surface area contributed by atoms with Crippen molar-refractivity contribution < 1.29 is 11.0 Å². The van der Waals surface area contributed by atoms with E-state index in [-0.39, 0.29) is 58.8 Å². The average Bonchev–Trinajstić information content (AvgIpc) is 3.31. The Kier molecular flexibility index (Phi) is 6.57. The zero-order valence-corrected chi connectivity index (χ0v) is 28.7. The summed E-state index contributed by atoms with van der Waals surface area (Å²) in [6.45, 7) is 0. The molecule has 0 radical (unpaired) electrons. The molecule has 0 amide bonds. The van der Waals surface area contributed by atoms with Crippen LogP contribution in [0.5, 0.6) is 0 Å². The molecule has 0 fully saturated rings. The summed E-state index contributed by atoms with van der Waals surface area (Å²) in [6.07, 6.45) is 0. The van der Waals surface area contributed by atoms with Crippen LogP contribution in [0, 0.1) is 0 Å². The highest BCUT2D eigenvalue weighted by molar-refractivity contribution is 6.04. The van der Waals surface area contributed by atoms with Gasteiger partial charge < -0.3 is 4.90 Å². The van der Waals surface area contributed by atoms with Gasteiger partial charge in [-0.25, -0.2) is 0 Å². The molecule has 0 saturated heterocycles. The molecule has 0 N–H and O–H groups in total. The van der Waals surface area contributed by atoms with E-state index in [9.17, 15) is 11.0 Å². The monoisotopic (exact) mass is 683 g/mol. The summed E-state index contributed by atoms with van der Waals surface area (Å²) in [5, 5.41) is 1.63. The van der Waals surface area contributed by atoms with Gasteiger partial charge in [-0.15, -0.1) is 0 Å². The lowest BCUT2D eigenvalue weighted by Crippen LogP contribution is -2.09. The van der Waals surface area contributed by atoms with Gasteiger partial charge in [0.05, 0.1) is 11.0 Å². The van der Waals surface area contributed by atoms with E-state index in [1.165, 1.54) is 4.90 Å². The highest BCUT2D eigenvalue weighted by atomic mass is 15.1. The van der Waals surface area contributed by atoms with Crippen molar-refractivity contribution in [1.29, 1.82) is 0 Å². The summed E-state index contributed by atoms with van der Waals surface area (Å²) in [5.41, 5.74) is 6.80. The Bertz CT molecular complexity index is 3020. The molecule has 9 aromatic carbocycles. The van der Waals surface area contributed by atoms with Crippen LogP contribution in [0.1, 0.15) is 11.0 Å². The predicted octanol–water partition coefficient (Wildman–Crippen LogP) is 14.6. The van der Waals surface area contributed by atoms with Crippen molar-refractivity contribution in [2.24, 2.45) is 0 Å². The Balaban J connectivity index is 1.26. The molecule has 9 aromatic rings. The molecule has 250 valence electrons. The lowest BCUT2D eigenvalue weighted by Gasteiger charge is -2.26. The summed E-state index contributed by atoms with van der Waals surface area (Å²) in [4.78, 5) is 1.35. The lowest BCUT2D eigenvalue weighted by atomic mass is 9.89. The van der Waals surface area contributed by atoms with E-state index in [4.69, 9.17) is 0 Å². The molecule has 0 spiro atoms. The van der Waals surface area contributed by atoms with Crippen LogP contribution < -0.4 is 4.90 Å². The van der Waals surface area contributed by atoms with Crippen molar-refractivity contribution in [3.8, 4) is 55.6 Å². The number of fused-ring (bicyclic) bond motifs is 1.